The molecule has 0 saturated carbocycles. The summed E-state index contributed by atoms with van der Waals surface area (Å²) in [4.78, 5) is 5.20. The second kappa shape index (κ2) is 6.46. The molecular formula is C19H25N3O. The predicted octanol–water partition coefficient (Wildman–Crippen LogP) is 2.66. The molecule has 1 saturated heterocycles. The molecule has 0 unspecified atom stereocenters. The van der Waals surface area contributed by atoms with Gasteiger partial charge >= 0.3 is 0 Å². The van der Waals surface area contributed by atoms with Crippen LogP contribution in [-0.2, 0) is 19.4 Å². The van der Waals surface area contributed by atoms with Crippen LogP contribution < -0.4 is 0 Å². The average Bonchev–Trinajstić information content (AvgIpc) is 3.08. The number of hydrogen-bond donors (Lipinski definition) is 0. The Morgan fingerprint density at radius 2 is 1.87 bits per heavy atom. The van der Waals surface area contributed by atoms with Crippen molar-refractivity contribution in [2.45, 2.75) is 38.8 Å². The number of aromatic nitrogens is 1. The van der Waals surface area contributed by atoms with Crippen LogP contribution in [0.15, 0.2) is 34.9 Å². The lowest BCUT2D eigenvalue weighted by Crippen LogP contribution is -2.38. The summed E-state index contributed by atoms with van der Waals surface area (Å²) in [6, 6.07) is 11.7. The van der Waals surface area contributed by atoms with Crippen molar-refractivity contribution in [2.24, 2.45) is 0 Å². The molecule has 0 spiro atoms. The molecule has 4 heteroatoms. The van der Waals surface area contributed by atoms with Crippen LogP contribution in [0.4, 0.5) is 0 Å². The van der Waals surface area contributed by atoms with Crippen molar-refractivity contribution in [2.75, 3.05) is 26.2 Å². The van der Waals surface area contributed by atoms with Gasteiger partial charge in [0.05, 0.1) is 12.2 Å². The van der Waals surface area contributed by atoms with Crippen molar-refractivity contribution < 1.29 is 4.52 Å². The van der Waals surface area contributed by atoms with Crippen molar-refractivity contribution in [3.8, 4) is 0 Å². The van der Waals surface area contributed by atoms with E-state index in [-0.39, 0.29) is 0 Å². The fraction of sp³-hybridized carbons (Fsp3) is 0.526. The van der Waals surface area contributed by atoms with Crippen molar-refractivity contribution in [1.82, 2.24) is 15.0 Å². The summed E-state index contributed by atoms with van der Waals surface area (Å²) in [7, 11) is 0. The van der Waals surface area contributed by atoms with Crippen molar-refractivity contribution in [3.63, 3.8) is 0 Å². The van der Waals surface area contributed by atoms with E-state index in [0.717, 1.165) is 37.6 Å². The number of nitrogens with zero attached hydrogens (tertiary/aromatic N) is 3. The first-order valence-corrected chi connectivity index (χ1v) is 8.73. The minimum absolute atomic E-state index is 0.694. The third-order valence-corrected chi connectivity index (χ3v) is 5.23. The highest BCUT2D eigenvalue weighted by Gasteiger charge is 2.28. The third kappa shape index (κ3) is 3.33. The standard InChI is InChI=1S/C19H25N3O/c1-15-11-19(23-20-15)14-21-7-4-8-22(10-9-21)18-12-16-5-2-3-6-17(16)13-18/h2-3,5-6,11,18H,4,7-10,12-14H2,1H3. The molecule has 1 aromatic heterocycles. The highest BCUT2D eigenvalue weighted by Crippen LogP contribution is 2.26. The zero-order valence-electron chi connectivity index (χ0n) is 13.9. The minimum atomic E-state index is 0.694. The summed E-state index contributed by atoms with van der Waals surface area (Å²) in [5.41, 5.74) is 4.08. The van der Waals surface area contributed by atoms with Gasteiger partial charge in [0.1, 0.15) is 0 Å². The Hall–Kier alpha value is -1.65. The fourth-order valence-electron chi connectivity index (χ4n) is 4.02. The average molecular weight is 311 g/mol. The van der Waals surface area contributed by atoms with E-state index in [4.69, 9.17) is 4.52 Å². The maximum Gasteiger partial charge on any atom is 0.150 e. The van der Waals surface area contributed by atoms with Gasteiger partial charge < -0.3 is 4.52 Å². The van der Waals surface area contributed by atoms with E-state index in [1.54, 1.807) is 11.1 Å². The van der Waals surface area contributed by atoms with Crippen LogP contribution in [0.1, 0.15) is 29.0 Å². The van der Waals surface area contributed by atoms with E-state index >= 15 is 0 Å². The Bertz CT molecular complexity index is 641. The van der Waals surface area contributed by atoms with E-state index < -0.39 is 0 Å². The van der Waals surface area contributed by atoms with Gasteiger partial charge in [0.25, 0.3) is 0 Å². The summed E-state index contributed by atoms with van der Waals surface area (Å²) in [5.74, 6) is 0.990. The maximum absolute atomic E-state index is 5.37. The number of aryl methyl sites for hydroxylation is 1. The van der Waals surface area contributed by atoms with Crippen LogP contribution in [0.2, 0.25) is 0 Å². The lowest BCUT2D eigenvalue weighted by Gasteiger charge is -2.27. The predicted molar refractivity (Wildman–Crippen MR) is 90.3 cm³/mol. The molecule has 2 aliphatic rings. The van der Waals surface area contributed by atoms with Gasteiger partial charge in [0.15, 0.2) is 5.76 Å². The summed E-state index contributed by atoms with van der Waals surface area (Å²) >= 11 is 0. The maximum atomic E-state index is 5.37. The number of hydrogen-bond acceptors (Lipinski definition) is 4. The van der Waals surface area contributed by atoms with Gasteiger partial charge in [0.2, 0.25) is 0 Å². The Balaban J connectivity index is 1.35. The van der Waals surface area contributed by atoms with Gasteiger partial charge in [-0.2, -0.15) is 0 Å². The first-order chi connectivity index (χ1) is 11.3. The van der Waals surface area contributed by atoms with Crippen LogP contribution in [0.25, 0.3) is 0 Å². The molecule has 1 aromatic carbocycles. The molecule has 0 atom stereocenters. The van der Waals surface area contributed by atoms with E-state index in [9.17, 15) is 0 Å². The van der Waals surface area contributed by atoms with Crippen LogP contribution in [0, 0.1) is 6.92 Å². The second-order valence-corrected chi connectivity index (χ2v) is 6.93. The van der Waals surface area contributed by atoms with Crippen LogP contribution in [-0.4, -0.2) is 47.2 Å². The zero-order chi connectivity index (χ0) is 15.6. The molecule has 23 heavy (non-hydrogen) atoms. The van der Waals surface area contributed by atoms with Crippen molar-refractivity contribution in [1.29, 1.82) is 0 Å². The van der Waals surface area contributed by atoms with Crippen molar-refractivity contribution in [3.05, 3.63) is 52.9 Å². The highest BCUT2D eigenvalue weighted by atomic mass is 16.5. The van der Waals surface area contributed by atoms with E-state index in [2.05, 4.69) is 45.3 Å². The lowest BCUT2D eigenvalue weighted by molar-refractivity contribution is 0.195. The van der Waals surface area contributed by atoms with E-state index in [1.807, 2.05) is 6.92 Å². The molecule has 1 aliphatic heterocycles. The minimum Gasteiger partial charge on any atom is -0.360 e. The SMILES string of the molecule is Cc1cc(CN2CCCN(C3Cc4ccccc4C3)CC2)on1. The summed E-state index contributed by atoms with van der Waals surface area (Å²) in [6.07, 6.45) is 3.68. The number of benzene rings is 1. The van der Waals surface area contributed by atoms with E-state index in [1.165, 1.54) is 25.8 Å². The second-order valence-electron chi connectivity index (χ2n) is 6.93. The zero-order valence-corrected chi connectivity index (χ0v) is 13.9. The summed E-state index contributed by atoms with van der Waals surface area (Å²) < 4.78 is 5.37. The third-order valence-electron chi connectivity index (χ3n) is 5.23. The monoisotopic (exact) mass is 311 g/mol. The molecule has 0 N–H and O–H groups in total. The summed E-state index contributed by atoms with van der Waals surface area (Å²) in [6.45, 7) is 7.51. The van der Waals surface area contributed by atoms with Gasteiger partial charge in [0, 0.05) is 25.2 Å². The Kier molecular flexibility index (Phi) is 4.19. The fourth-order valence-corrected chi connectivity index (χ4v) is 4.02. The van der Waals surface area contributed by atoms with Gasteiger partial charge in [-0.1, -0.05) is 29.4 Å². The molecule has 0 radical (unpaired) electrons. The topological polar surface area (TPSA) is 32.5 Å². The van der Waals surface area contributed by atoms with Gasteiger partial charge in [-0.25, -0.2) is 0 Å². The molecule has 2 aromatic rings. The van der Waals surface area contributed by atoms with Crippen LogP contribution in [0.3, 0.4) is 0 Å². The molecule has 1 fully saturated rings. The lowest BCUT2D eigenvalue weighted by atomic mass is 10.1. The highest BCUT2D eigenvalue weighted by molar-refractivity contribution is 5.33. The number of fused-ring (bicyclic) bond motifs is 1. The smallest absolute Gasteiger partial charge is 0.150 e. The quantitative estimate of drug-likeness (QED) is 0.872. The normalized spacial score (nSPS) is 20.6. The van der Waals surface area contributed by atoms with Crippen molar-refractivity contribution >= 4 is 0 Å². The van der Waals surface area contributed by atoms with Crippen LogP contribution >= 0.6 is 0 Å². The molecule has 4 nitrogen and oxygen atoms in total. The Labute approximate surface area is 138 Å². The van der Waals surface area contributed by atoms with Gasteiger partial charge in [-0.05, 0) is 50.4 Å². The number of rotatable bonds is 3. The Morgan fingerprint density at radius 1 is 1.09 bits per heavy atom. The van der Waals surface area contributed by atoms with Crippen LogP contribution in [0.5, 0.6) is 0 Å². The largest absolute Gasteiger partial charge is 0.360 e. The van der Waals surface area contributed by atoms with E-state index in [0.29, 0.717) is 6.04 Å². The molecular weight excluding hydrogens is 286 g/mol. The summed E-state index contributed by atoms with van der Waals surface area (Å²) in [5, 5.41) is 3.99. The van der Waals surface area contributed by atoms with Gasteiger partial charge in [-0.15, -0.1) is 0 Å². The Morgan fingerprint density at radius 3 is 2.57 bits per heavy atom. The molecule has 0 bridgehead atoms. The molecule has 1 aliphatic carbocycles. The molecule has 4 rings (SSSR count). The molecule has 0 amide bonds. The molecule has 2 heterocycles. The molecule has 122 valence electrons. The first-order valence-electron chi connectivity index (χ1n) is 8.73. The van der Waals surface area contributed by atoms with Gasteiger partial charge in [-0.3, -0.25) is 9.80 Å². The first kappa shape index (κ1) is 14.9.